The third kappa shape index (κ3) is 2.82. The highest BCUT2D eigenvalue weighted by atomic mass is 32.2. The van der Waals surface area contributed by atoms with E-state index in [-0.39, 0.29) is 5.25 Å². The largest absolute Gasteiger partial charge is 0.424 e. The van der Waals surface area contributed by atoms with Gasteiger partial charge < -0.3 is 4.42 Å². The van der Waals surface area contributed by atoms with Crippen LogP contribution in [0, 0.1) is 13.8 Å². The van der Waals surface area contributed by atoms with Gasteiger partial charge in [-0.1, -0.05) is 30.0 Å². The zero-order valence-electron chi connectivity index (χ0n) is 12.0. The van der Waals surface area contributed by atoms with Crippen LogP contribution in [-0.4, -0.2) is 25.0 Å². The molecule has 1 aromatic carbocycles. The van der Waals surface area contributed by atoms with Crippen LogP contribution >= 0.6 is 11.8 Å². The highest BCUT2D eigenvalue weighted by Gasteiger charge is 2.19. The minimum absolute atomic E-state index is 0.0114. The molecule has 0 bridgehead atoms. The smallest absolute Gasteiger partial charge is 0.229 e. The Morgan fingerprint density at radius 3 is 2.48 bits per heavy atom. The van der Waals surface area contributed by atoms with E-state index in [1.54, 1.807) is 18.7 Å². The molecule has 0 aliphatic rings. The maximum atomic E-state index is 5.47. The molecule has 1 unspecified atom stereocenters. The third-order valence-electron chi connectivity index (χ3n) is 2.98. The van der Waals surface area contributed by atoms with Crippen molar-refractivity contribution in [1.29, 1.82) is 0 Å². The molecule has 0 saturated heterocycles. The van der Waals surface area contributed by atoms with Crippen LogP contribution in [-0.2, 0) is 0 Å². The van der Waals surface area contributed by atoms with E-state index in [1.165, 1.54) is 0 Å². The zero-order chi connectivity index (χ0) is 14.8. The second kappa shape index (κ2) is 5.69. The van der Waals surface area contributed by atoms with Crippen LogP contribution in [0.1, 0.15) is 29.8 Å². The molecule has 3 aromatic rings. The van der Waals surface area contributed by atoms with Gasteiger partial charge in [-0.25, -0.2) is 0 Å². The van der Waals surface area contributed by atoms with Crippen molar-refractivity contribution in [3.63, 3.8) is 0 Å². The van der Waals surface area contributed by atoms with Crippen LogP contribution in [0.2, 0.25) is 0 Å². The molecule has 2 heterocycles. The zero-order valence-corrected chi connectivity index (χ0v) is 12.8. The number of aromatic nitrogens is 5. The Morgan fingerprint density at radius 1 is 1.05 bits per heavy atom. The van der Waals surface area contributed by atoms with Crippen LogP contribution in [0.15, 0.2) is 39.9 Å². The molecule has 21 heavy (non-hydrogen) atoms. The Kier molecular flexibility index (Phi) is 3.74. The van der Waals surface area contributed by atoms with Crippen LogP contribution < -0.4 is 0 Å². The minimum atomic E-state index is 0.0114. The molecule has 6 nitrogen and oxygen atoms in total. The van der Waals surface area contributed by atoms with E-state index in [0.29, 0.717) is 11.8 Å². The summed E-state index contributed by atoms with van der Waals surface area (Å²) in [5.74, 6) is 2.01. The number of thioether (sulfide) groups is 1. The van der Waals surface area contributed by atoms with E-state index < -0.39 is 0 Å². The summed E-state index contributed by atoms with van der Waals surface area (Å²) in [6, 6.07) is 10.0. The van der Waals surface area contributed by atoms with Gasteiger partial charge in [0.05, 0.1) is 5.25 Å². The lowest BCUT2D eigenvalue weighted by Crippen LogP contribution is -2.00. The van der Waals surface area contributed by atoms with Crippen molar-refractivity contribution in [1.82, 2.24) is 25.0 Å². The maximum absolute atomic E-state index is 5.47. The molecule has 0 fully saturated rings. The number of hydrogen-bond acceptors (Lipinski definition) is 6. The van der Waals surface area contributed by atoms with Crippen molar-refractivity contribution >= 4 is 11.8 Å². The minimum Gasteiger partial charge on any atom is -0.424 e. The molecule has 0 spiro atoms. The lowest BCUT2D eigenvalue weighted by atomic mass is 10.3. The van der Waals surface area contributed by atoms with Crippen LogP contribution in [0.25, 0.3) is 5.69 Å². The average molecular weight is 301 g/mol. The number of aryl methyl sites for hydroxylation is 2. The second-order valence-electron chi connectivity index (χ2n) is 4.62. The molecule has 0 N–H and O–H groups in total. The van der Waals surface area contributed by atoms with Gasteiger partial charge >= 0.3 is 0 Å². The molecule has 3 rings (SSSR count). The lowest BCUT2D eigenvalue weighted by molar-refractivity contribution is 0.470. The molecule has 0 radical (unpaired) electrons. The molecule has 108 valence electrons. The summed E-state index contributed by atoms with van der Waals surface area (Å²) in [6.07, 6.45) is 0. The van der Waals surface area contributed by atoms with Crippen LogP contribution in [0.5, 0.6) is 0 Å². The molecule has 0 aliphatic heterocycles. The average Bonchev–Trinajstić information content (AvgIpc) is 3.06. The van der Waals surface area contributed by atoms with Gasteiger partial charge in [-0.05, 0) is 26.0 Å². The summed E-state index contributed by atoms with van der Waals surface area (Å²) in [6.45, 7) is 5.73. The molecule has 2 aromatic heterocycles. The predicted molar refractivity (Wildman–Crippen MR) is 79.4 cm³/mol. The van der Waals surface area contributed by atoms with Gasteiger partial charge in [-0.3, -0.25) is 4.57 Å². The maximum Gasteiger partial charge on any atom is 0.229 e. The standard InChI is InChI=1S/C14H15N5OS/c1-9(13-17-16-11(3)20-13)21-14-18-15-10(2)19(14)12-7-5-4-6-8-12/h4-9H,1-3H3. The Balaban J connectivity index is 1.90. The SMILES string of the molecule is Cc1nnc(C(C)Sc2nnc(C)n2-c2ccccc2)o1. The Labute approximate surface area is 126 Å². The second-order valence-corrected chi connectivity index (χ2v) is 5.93. The lowest BCUT2D eigenvalue weighted by Gasteiger charge is -2.10. The molecular formula is C14H15N5OS. The normalized spacial score (nSPS) is 12.5. The number of para-hydroxylation sites is 1. The summed E-state index contributed by atoms with van der Waals surface area (Å²) in [5.41, 5.74) is 1.04. The summed E-state index contributed by atoms with van der Waals surface area (Å²) >= 11 is 1.55. The van der Waals surface area contributed by atoms with Crippen molar-refractivity contribution in [3.05, 3.63) is 47.9 Å². The number of nitrogens with zero attached hydrogens (tertiary/aromatic N) is 5. The number of rotatable bonds is 4. The van der Waals surface area contributed by atoms with Gasteiger partial charge in [0.25, 0.3) is 0 Å². The van der Waals surface area contributed by atoms with Crippen molar-refractivity contribution in [2.75, 3.05) is 0 Å². The molecule has 0 amide bonds. The molecular weight excluding hydrogens is 286 g/mol. The van der Waals surface area contributed by atoms with E-state index >= 15 is 0 Å². The van der Waals surface area contributed by atoms with Gasteiger partial charge in [0.2, 0.25) is 11.8 Å². The number of hydrogen-bond donors (Lipinski definition) is 0. The van der Waals surface area contributed by atoms with Crippen LogP contribution in [0.4, 0.5) is 0 Å². The molecule has 0 saturated carbocycles. The van der Waals surface area contributed by atoms with Gasteiger partial charge in [0, 0.05) is 12.6 Å². The first kappa shape index (κ1) is 13.8. The first-order valence-electron chi connectivity index (χ1n) is 6.59. The fourth-order valence-corrected chi connectivity index (χ4v) is 2.92. The summed E-state index contributed by atoms with van der Waals surface area (Å²) in [4.78, 5) is 0. The Hall–Kier alpha value is -2.15. The van der Waals surface area contributed by atoms with Gasteiger partial charge in [-0.2, -0.15) is 0 Å². The van der Waals surface area contributed by atoms with Crippen LogP contribution in [0.3, 0.4) is 0 Å². The van der Waals surface area contributed by atoms with Gasteiger partial charge in [0.1, 0.15) is 5.82 Å². The van der Waals surface area contributed by atoms with Gasteiger partial charge in [0.15, 0.2) is 5.16 Å². The van der Waals surface area contributed by atoms with Crippen molar-refractivity contribution in [2.45, 2.75) is 31.2 Å². The van der Waals surface area contributed by atoms with Crippen molar-refractivity contribution in [2.24, 2.45) is 0 Å². The third-order valence-corrected chi connectivity index (χ3v) is 4.01. The van der Waals surface area contributed by atoms with E-state index in [0.717, 1.165) is 16.7 Å². The summed E-state index contributed by atoms with van der Waals surface area (Å²) < 4.78 is 7.49. The van der Waals surface area contributed by atoms with E-state index in [1.807, 2.05) is 48.7 Å². The first-order chi connectivity index (χ1) is 10.1. The topological polar surface area (TPSA) is 69.6 Å². The predicted octanol–water partition coefficient (Wildman–Crippen LogP) is 3.12. The Bertz CT molecular complexity index is 737. The molecule has 0 aliphatic carbocycles. The first-order valence-corrected chi connectivity index (χ1v) is 7.47. The number of benzene rings is 1. The molecule has 1 atom stereocenters. The quantitative estimate of drug-likeness (QED) is 0.690. The van der Waals surface area contributed by atoms with E-state index in [4.69, 9.17) is 4.42 Å². The Morgan fingerprint density at radius 2 is 1.81 bits per heavy atom. The van der Waals surface area contributed by atoms with E-state index in [9.17, 15) is 0 Å². The summed E-state index contributed by atoms with van der Waals surface area (Å²) in [5, 5.41) is 17.2. The highest BCUT2D eigenvalue weighted by Crippen LogP contribution is 2.34. The van der Waals surface area contributed by atoms with Gasteiger partial charge in [-0.15, -0.1) is 20.4 Å². The molecule has 7 heteroatoms. The summed E-state index contributed by atoms with van der Waals surface area (Å²) in [7, 11) is 0. The van der Waals surface area contributed by atoms with Crippen molar-refractivity contribution < 1.29 is 4.42 Å². The van der Waals surface area contributed by atoms with Crippen molar-refractivity contribution in [3.8, 4) is 5.69 Å². The fraction of sp³-hybridized carbons (Fsp3) is 0.286. The monoisotopic (exact) mass is 301 g/mol. The highest BCUT2D eigenvalue weighted by molar-refractivity contribution is 7.99. The van der Waals surface area contributed by atoms with E-state index in [2.05, 4.69) is 20.4 Å². The fourth-order valence-electron chi connectivity index (χ4n) is 1.98.